The van der Waals surface area contributed by atoms with Crippen LogP contribution in [-0.2, 0) is 11.3 Å². The molecular formula is C14H18N4OS. The second-order valence-electron chi connectivity index (χ2n) is 4.41. The van der Waals surface area contributed by atoms with Crippen molar-refractivity contribution in [2.75, 3.05) is 18.9 Å². The lowest BCUT2D eigenvalue weighted by Gasteiger charge is -2.03. The number of likely N-dealkylation sites (N-methyl/N-ethyl adjacent to an activating group) is 1. The lowest BCUT2D eigenvalue weighted by atomic mass is 10.2. The molecule has 0 bridgehead atoms. The lowest BCUT2D eigenvalue weighted by Crippen LogP contribution is -2.31. The molecule has 5 nitrogen and oxygen atoms in total. The fourth-order valence-electron chi connectivity index (χ4n) is 1.60. The average molecular weight is 290 g/mol. The maximum atomic E-state index is 11.1. The smallest absolute Gasteiger partial charge is 0.233 e. The molecule has 0 aliphatic heterocycles. The van der Waals surface area contributed by atoms with Crippen LogP contribution in [0.15, 0.2) is 29.6 Å². The van der Waals surface area contributed by atoms with Crippen molar-refractivity contribution in [3.63, 3.8) is 0 Å². The third-order valence-corrected chi connectivity index (χ3v) is 3.53. The molecule has 0 saturated carbocycles. The van der Waals surface area contributed by atoms with Crippen molar-refractivity contribution in [3.05, 3.63) is 40.9 Å². The number of amides is 1. The standard InChI is InChI=1S/C14H18N4OS/c1-10-3-5-11(6-4-10)17-14-18-12(9-20-14)7-16-8-13(19)15-2/h3-6,9,16H,7-8H2,1-2H3,(H,15,19)(H,17,18). The van der Waals surface area contributed by atoms with Crippen LogP contribution in [0.1, 0.15) is 11.3 Å². The molecule has 20 heavy (non-hydrogen) atoms. The molecular weight excluding hydrogens is 272 g/mol. The summed E-state index contributed by atoms with van der Waals surface area (Å²) in [5.41, 5.74) is 3.18. The molecule has 0 fully saturated rings. The summed E-state index contributed by atoms with van der Waals surface area (Å²) in [5.74, 6) is -0.0294. The van der Waals surface area contributed by atoms with E-state index in [2.05, 4.69) is 40.0 Å². The Morgan fingerprint density at radius 1 is 1.30 bits per heavy atom. The minimum Gasteiger partial charge on any atom is -0.358 e. The molecule has 0 radical (unpaired) electrons. The van der Waals surface area contributed by atoms with Gasteiger partial charge in [0.15, 0.2) is 5.13 Å². The fraction of sp³-hybridized carbons (Fsp3) is 0.286. The molecule has 2 aromatic rings. The molecule has 1 heterocycles. The molecule has 2 rings (SSSR count). The number of carbonyl (C=O) groups is 1. The summed E-state index contributed by atoms with van der Waals surface area (Å²) >= 11 is 1.55. The predicted octanol–water partition coefficient (Wildman–Crippen LogP) is 2.03. The second-order valence-corrected chi connectivity index (χ2v) is 5.27. The molecule has 6 heteroatoms. The second kappa shape index (κ2) is 7.02. The summed E-state index contributed by atoms with van der Waals surface area (Å²) in [5, 5.41) is 11.7. The van der Waals surface area contributed by atoms with Gasteiger partial charge in [-0.2, -0.15) is 0 Å². The van der Waals surface area contributed by atoms with Gasteiger partial charge in [-0.15, -0.1) is 11.3 Å². The van der Waals surface area contributed by atoms with Crippen LogP contribution in [0.25, 0.3) is 0 Å². The first-order valence-electron chi connectivity index (χ1n) is 6.37. The largest absolute Gasteiger partial charge is 0.358 e. The summed E-state index contributed by atoms with van der Waals surface area (Å²) in [6.45, 7) is 2.94. The topological polar surface area (TPSA) is 66.1 Å². The van der Waals surface area contributed by atoms with E-state index in [9.17, 15) is 4.79 Å². The highest BCUT2D eigenvalue weighted by Crippen LogP contribution is 2.21. The third-order valence-electron chi connectivity index (χ3n) is 2.73. The molecule has 0 spiro atoms. The normalized spacial score (nSPS) is 10.3. The number of thiazole rings is 1. The number of hydrogen-bond donors (Lipinski definition) is 3. The van der Waals surface area contributed by atoms with Crippen LogP contribution in [0.3, 0.4) is 0 Å². The van der Waals surface area contributed by atoms with Gasteiger partial charge >= 0.3 is 0 Å². The van der Waals surface area contributed by atoms with Gasteiger partial charge in [0.1, 0.15) is 0 Å². The van der Waals surface area contributed by atoms with Crippen LogP contribution in [0, 0.1) is 6.92 Å². The molecule has 1 aromatic carbocycles. The number of aromatic nitrogens is 1. The number of carbonyl (C=O) groups excluding carboxylic acids is 1. The van der Waals surface area contributed by atoms with Crippen LogP contribution in [0.2, 0.25) is 0 Å². The van der Waals surface area contributed by atoms with E-state index >= 15 is 0 Å². The van der Waals surface area contributed by atoms with Crippen molar-refractivity contribution < 1.29 is 4.79 Å². The highest BCUT2D eigenvalue weighted by Gasteiger charge is 2.03. The monoisotopic (exact) mass is 290 g/mol. The van der Waals surface area contributed by atoms with Gasteiger partial charge in [0.25, 0.3) is 0 Å². The number of aryl methyl sites for hydroxylation is 1. The predicted molar refractivity (Wildman–Crippen MR) is 82.3 cm³/mol. The summed E-state index contributed by atoms with van der Waals surface area (Å²) in [4.78, 5) is 15.5. The number of nitrogens with one attached hydrogen (secondary N) is 3. The van der Waals surface area contributed by atoms with Crippen molar-refractivity contribution in [2.24, 2.45) is 0 Å². The van der Waals surface area contributed by atoms with Gasteiger partial charge in [0, 0.05) is 24.7 Å². The van der Waals surface area contributed by atoms with Crippen LogP contribution in [-0.4, -0.2) is 24.5 Å². The Balaban J connectivity index is 1.85. The minimum atomic E-state index is -0.0294. The van der Waals surface area contributed by atoms with Crippen LogP contribution in [0.4, 0.5) is 10.8 Å². The zero-order chi connectivity index (χ0) is 14.4. The Morgan fingerprint density at radius 3 is 2.75 bits per heavy atom. The molecule has 0 saturated heterocycles. The molecule has 0 aliphatic carbocycles. The molecule has 0 unspecified atom stereocenters. The van der Waals surface area contributed by atoms with E-state index in [1.54, 1.807) is 18.4 Å². The van der Waals surface area contributed by atoms with Gasteiger partial charge < -0.3 is 16.0 Å². The molecule has 3 N–H and O–H groups in total. The van der Waals surface area contributed by atoms with E-state index in [0.717, 1.165) is 16.5 Å². The molecule has 1 aromatic heterocycles. The maximum absolute atomic E-state index is 11.1. The quantitative estimate of drug-likeness (QED) is 0.761. The zero-order valence-electron chi connectivity index (χ0n) is 11.6. The van der Waals surface area contributed by atoms with E-state index in [-0.39, 0.29) is 5.91 Å². The van der Waals surface area contributed by atoms with E-state index in [1.807, 2.05) is 17.5 Å². The van der Waals surface area contributed by atoms with E-state index in [4.69, 9.17) is 0 Å². The highest BCUT2D eigenvalue weighted by atomic mass is 32.1. The fourth-order valence-corrected chi connectivity index (χ4v) is 2.33. The highest BCUT2D eigenvalue weighted by molar-refractivity contribution is 7.13. The van der Waals surface area contributed by atoms with Gasteiger partial charge in [-0.05, 0) is 19.1 Å². The SMILES string of the molecule is CNC(=O)CNCc1csc(Nc2ccc(C)cc2)n1. The minimum absolute atomic E-state index is 0.0294. The van der Waals surface area contributed by atoms with Gasteiger partial charge in [-0.3, -0.25) is 4.79 Å². The maximum Gasteiger partial charge on any atom is 0.233 e. The number of benzene rings is 1. The van der Waals surface area contributed by atoms with Gasteiger partial charge in [0.2, 0.25) is 5.91 Å². The summed E-state index contributed by atoms with van der Waals surface area (Å²) in [6.07, 6.45) is 0. The van der Waals surface area contributed by atoms with Gasteiger partial charge in [-0.25, -0.2) is 4.98 Å². The van der Waals surface area contributed by atoms with Crippen molar-refractivity contribution >= 4 is 28.1 Å². The lowest BCUT2D eigenvalue weighted by molar-refractivity contribution is -0.119. The van der Waals surface area contributed by atoms with Crippen molar-refractivity contribution in [3.8, 4) is 0 Å². The van der Waals surface area contributed by atoms with Crippen molar-refractivity contribution in [2.45, 2.75) is 13.5 Å². The first-order valence-corrected chi connectivity index (χ1v) is 7.25. The molecule has 1 amide bonds. The Bertz CT molecular complexity index is 565. The number of rotatable bonds is 6. The van der Waals surface area contributed by atoms with Crippen LogP contribution >= 0.6 is 11.3 Å². The molecule has 0 atom stereocenters. The van der Waals surface area contributed by atoms with Crippen LogP contribution in [0.5, 0.6) is 0 Å². The van der Waals surface area contributed by atoms with Gasteiger partial charge in [0.05, 0.1) is 12.2 Å². The molecule has 106 valence electrons. The Labute approximate surface area is 122 Å². The zero-order valence-corrected chi connectivity index (χ0v) is 12.4. The van der Waals surface area contributed by atoms with Crippen LogP contribution < -0.4 is 16.0 Å². The van der Waals surface area contributed by atoms with Gasteiger partial charge in [-0.1, -0.05) is 17.7 Å². The first kappa shape index (κ1) is 14.5. The van der Waals surface area contributed by atoms with E-state index < -0.39 is 0 Å². The third kappa shape index (κ3) is 4.32. The van der Waals surface area contributed by atoms with E-state index in [1.165, 1.54) is 5.56 Å². The number of anilines is 2. The first-order chi connectivity index (χ1) is 9.67. The summed E-state index contributed by atoms with van der Waals surface area (Å²) in [6, 6.07) is 8.17. The average Bonchev–Trinajstić information content (AvgIpc) is 2.89. The van der Waals surface area contributed by atoms with Crippen molar-refractivity contribution in [1.29, 1.82) is 0 Å². The van der Waals surface area contributed by atoms with Crippen molar-refractivity contribution in [1.82, 2.24) is 15.6 Å². The number of nitrogens with zero attached hydrogens (tertiary/aromatic N) is 1. The van der Waals surface area contributed by atoms with E-state index in [0.29, 0.717) is 13.1 Å². The summed E-state index contributed by atoms with van der Waals surface area (Å²) < 4.78 is 0. The summed E-state index contributed by atoms with van der Waals surface area (Å²) in [7, 11) is 1.62. The Kier molecular flexibility index (Phi) is 5.09. The number of hydrogen-bond acceptors (Lipinski definition) is 5. The Morgan fingerprint density at radius 2 is 2.05 bits per heavy atom. The Hall–Kier alpha value is -1.92. The molecule has 0 aliphatic rings.